The van der Waals surface area contributed by atoms with E-state index in [9.17, 15) is 15.8 Å². The number of halogens is 1. The topological polar surface area (TPSA) is 102 Å². The summed E-state index contributed by atoms with van der Waals surface area (Å²) in [7, 11) is 2.06. The Morgan fingerprint density at radius 3 is 2.62 bits per heavy atom. The summed E-state index contributed by atoms with van der Waals surface area (Å²) in [4.78, 5) is 2.12. The molecule has 0 spiro atoms. The van der Waals surface area contributed by atoms with Gasteiger partial charge in [-0.15, -0.1) is 11.3 Å². The van der Waals surface area contributed by atoms with Crippen LogP contribution in [0.3, 0.4) is 0 Å². The molecule has 3 N–H and O–H groups in total. The highest BCUT2D eigenvalue weighted by Gasteiger charge is 2.55. The first-order valence-electron chi connectivity index (χ1n) is 7.47. The number of quaternary nitrogens is 1. The van der Waals surface area contributed by atoms with Gasteiger partial charge >= 0.3 is 0 Å². The Morgan fingerprint density at radius 2 is 2.08 bits per heavy atom. The lowest BCUT2D eigenvalue weighted by atomic mass is 9.59. The third-order valence-corrected chi connectivity index (χ3v) is 6.21. The number of hydrogen-bond donors (Lipinski definition) is 2. The summed E-state index contributed by atoms with van der Waals surface area (Å²) >= 11 is 7.51. The second-order valence-electron chi connectivity index (χ2n) is 6.21. The van der Waals surface area contributed by atoms with Crippen LogP contribution in [0.4, 0.5) is 0 Å². The van der Waals surface area contributed by atoms with Crippen LogP contribution < -0.4 is 10.6 Å². The second kappa shape index (κ2) is 5.96. The molecule has 0 aromatic carbocycles. The molecule has 0 saturated heterocycles. The van der Waals surface area contributed by atoms with Crippen LogP contribution in [0, 0.1) is 45.3 Å². The van der Waals surface area contributed by atoms with Crippen molar-refractivity contribution in [2.24, 2.45) is 17.1 Å². The molecule has 1 aliphatic heterocycles. The molecule has 3 unspecified atom stereocenters. The fraction of sp³-hybridized carbons (Fsp3) is 0.353. The molecule has 0 bridgehead atoms. The lowest BCUT2D eigenvalue weighted by molar-refractivity contribution is -0.878. The third-order valence-electron chi connectivity index (χ3n) is 4.85. The molecule has 5 nitrogen and oxygen atoms in total. The number of nitrogens with zero attached hydrogens (tertiary/aromatic N) is 3. The highest BCUT2D eigenvalue weighted by Crippen LogP contribution is 2.54. The molecule has 0 saturated carbocycles. The molecule has 24 heavy (non-hydrogen) atoms. The van der Waals surface area contributed by atoms with Crippen LogP contribution in [0.2, 0.25) is 5.02 Å². The van der Waals surface area contributed by atoms with Crippen LogP contribution in [0.1, 0.15) is 10.8 Å². The van der Waals surface area contributed by atoms with Crippen molar-refractivity contribution < 1.29 is 4.90 Å². The Labute approximate surface area is 149 Å². The Bertz CT molecular complexity index is 862. The fourth-order valence-electron chi connectivity index (χ4n) is 3.72. The lowest BCUT2D eigenvalue weighted by Gasteiger charge is -2.43. The molecule has 120 valence electrons. The summed E-state index contributed by atoms with van der Waals surface area (Å²) in [6.45, 7) is 1.52. The van der Waals surface area contributed by atoms with E-state index in [-0.39, 0.29) is 17.2 Å². The Balaban J connectivity index is 2.33. The van der Waals surface area contributed by atoms with Gasteiger partial charge in [-0.3, -0.25) is 0 Å². The van der Waals surface area contributed by atoms with Crippen molar-refractivity contribution in [1.29, 1.82) is 15.8 Å². The van der Waals surface area contributed by atoms with Gasteiger partial charge in [0.05, 0.1) is 48.6 Å². The highest BCUT2D eigenvalue weighted by molar-refractivity contribution is 7.10. The highest BCUT2D eigenvalue weighted by atomic mass is 35.5. The standard InChI is InChI=1S/C17H14ClN5S/c1-23-3-2-11-12(5-19)16(22)17(8-20,9-21)15(13(11)6-23)14-4-10(18)7-24-14/h2,4,7,13,15H,3,6,22H2,1H3/p+1. The number of fused-ring (bicyclic) bond motifs is 1. The minimum absolute atomic E-state index is 0.0616. The average Bonchev–Trinajstić information content (AvgIpc) is 3.00. The van der Waals surface area contributed by atoms with Crippen LogP contribution in [0.15, 0.2) is 34.4 Å². The number of allylic oxidation sites excluding steroid dienone is 2. The summed E-state index contributed by atoms with van der Waals surface area (Å²) in [5.41, 5.74) is 5.85. The predicted octanol–water partition coefficient (Wildman–Crippen LogP) is 1.34. The van der Waals surface area contributed by atoms with Gasteiger partial charge in [-0.1, -0.05) is 11.6 Å². The molecular formula is C17H15ClN5S+. The van der Waals surface area contributed by atoms with Gasteiger partial charge in [0, 0.05) is 22.1 Å². The zero-order valence-corrected chi connectivity index (χ0v) is 14.6. The van der Waals surface area contributed by atoms with Crippen molar-refractivity contribution in [3.63, 3.8) is 0 Å². The maximum Gasteiger partial charge on any atom is 0.192 e. The van der Waals surface area contributed by atoms with Crippen molar-refractivity contribution in [3.8, 4) is 18.2 Å². The molecule has 2 aliphatic rings. The van der Waals surface area contributed by atoms with Gasteiger partial charge in [0.25, 0.3) is 0 Å². The molecule has 1 aliphatic carbocycles. The van der Waals surface area contributed by atoms with E-state index in [1.54, 1.807) is 11.4 Å². The second-order valence-corrected chi connectivity index (χ2v) is 7.59. The van der Waals surface area contributed by atoms with Crippen LogP contribution >= 0.6 is 22.9 Å². The monoisotopic (exact) mass is 356 g/mol. The number of hydrogen-bond acceptors (Lipinski definition) is 5. The zero-order valence-electron chi connectivity index (χ0n) is 13.0. The van der Waals surface area contributed by atoms with Crippen LogP contribution in [0.25, 0.3) is 0 Å². The third kappa shape index (κ3) is 2.22. The van der Waals surface area contributed by atoms with E-state index in [4.69, 9.17) is 17.3 Å². The minimum atomic E-state index is -1.56. The van der Waals surface area contributed by atoms with Gasteiger partial charge in [0.2, 0.25) is 0 Å². The van der Waals surface area contributed by atoms with E-state index < -0.39 is 11.3 Å². The quantitative estimate of drug-likeness (QED) is 0.792. The first-order valence-corrected chi connectivity index (χ1v) is 8.72. The summed E-state index contributed by atoms with van der Waals surface area (Å²) < 4.78 is 0. The van der Waals surface area contributed by atoms with Crippen molar-refractivity contribution in [1.82, 2.24) is 0 Å². The Morgan fingerprint density at radius 1 is 1.38 bits per heavy atom. The van der Waals surface area contributed by atoms with Gasteiger partial charge in [-0.25, -0.2) is 0 Å². The predicted molar refractivity (Wildman–Crippen MR) is 90.7 cm³/mol. The Kier molecular flexibility index (Phi) is 4.11. The molecule has 0 radical (unpaired) electrons. The van der Waals surface area contributed by atoms with E-state index in [0.717, 1.165) is 23.5 Å². The van der Waals surface area contributed by atoms with Crippen molar-refractivity contribution in [2.45, 2.75) is 5.92 Å². The number of thiophene rings is 1. The van der Waals surface area contributed by atoms with Gasteiger partial charge in [0.1, 0.15) is 6.07 Å². The molecule has 2 heterocycles. The van der Waals surface area contributed by atoms with Crippen molar-refractivity contribution in [3.05, 3.63) is 44.3 Å². The fourth-order valence-corrected chi connectivity index (χ4v) is 5.04. The number of nitrogens with two attached hydrogens (primary N) is 1. The number of rotatable bonds is 1. The van der Waals surface area contributed by atoms with E-state index in [1.807, 2.05) is 6.08 Å². The smallest absolute Gasteiger partial charge is 0.192 e. The maximum atomic E-state index is 9.87. The number of nitriles is 3. The SMILES string of the molecule is C[NH+]1CC=C2C(C#N)=C(N)C(C#N)(C#N)C(c3cc(Cl)cs3)C2C1. The molecule has 0 amide bonds. The van der Waals surface area contributed by atoms with E-state index in [0.29, 0.717) is 5.02 Å². The van der Waals surface area contributed by atoms with Crippen molar-refractivity contribution in [2.75, 3.05) is 20.1 Å². The van der Waals surface area contributed by atoms with E-state index >= 15 is 0 Å². The molecule has 1 aromatic rings. The van der Waals surface area contributed by atoms with Crippen LogP contribution in [-0.4, -0.2) is 20.1 Å². The zero-order chi connectivity index (χ0) is 17.5. The summed E-state index contributed by atoms with van der Waals surface area (Å²) in [6.07, 6.45) is 2.01. The lowest BCUT2D eigenvalue weighted by Crippen LogP contribution is -3.10. The first-order chi connectivity index (χ1) is 11.5. The normalized spacial score (nSPS) is 28.1. The van der Waals surface area contributed by atoms with Gasteiger partial charge < -0.3 is 10.6 Å². The first kappa shape index (κ1) is 16.6. The summed E-state index contributed by atoms with van der Waals surface area (Å²) in [6, 6.07) is 8.16. The minimum Gasteiger partial charge on any atom is -0.399 e. The molecule has 7 heteroatoms. The summed E-state index contributed by atoms with van der Waals surface area (Å²) in [5, 5.41) is 31.7. The van der Waals surface area contributed by atoms with E-state index in [1.165, 1.54) is 16.2 Å². The summed E-state index contributed by atoms with van der Waals surface area (Å²) in [5.74, 6) is -0.543. The van der Waals surface area contributed by atoms with Gasteiger partial charge in [-0.05, 0) is 17.7 Å². The van der Waals surface area contributed by atoms with Gasteiger partial charge in [0.15, 0.2) is 5.41 Å². The molecule has 0 fully saturated rings. The number of likely N-dealkylation sites (N-methyl/N-ethyl adjacent to an activating group) is 1. The van der Waals surface area contributed by atoms with Crippen molar-refractivity contribution >= 4 is 22.9 Å². The molecule has 3 atom stereocenters. The maximum absolute atomic E-state index is 9.87. The largest absolute Gasteiger partial charge is 0.399 e. The Hall–Kier alpha value is -2.30. The average molecular weight is 357 g/mol. The van der Waals surface area contributed by atoms with E-state index in [2.05, 4.69) is 25.3 Å². The molecule has 1 aromatic heterocycles. The van der Waals surface area contributed by atoms with Crippen LogP contribution in [0.5, 0.6) is 0 Å². The van der Waals surface area contributed by atoms with Crippen LogP contribution in [-0.2, 0) is 0 Å². The molecule has 3 rings (SSSR count). The number of nitrogens with one attached hydrogen (secondary N) is 1. The molecular weight excluding hydrogens is 342 g/mol. The van der Waals surface area contributed by atoms with Gasteiger partial charge in [-0.2, -0.15) is 15.8 Å².